The van der Waals surface area contributed by atoms with Crippen LogP contribution >= 0.6 is 0 Å². The normalized spacial score (nSPS) is 22.4. The highest BCUT2D eigenvalue weighted by molar-refractivity contribution is 5.48. The SMILES string of the molecule is FC1(c2cccc3c2OCC3)CNC1. The number of halogens is 1. The summed E-state index contributed by atoms with van der Waals surface area (Å²) in [4.78, 5) is 0. The Bertz CT molecular complexity index is 374. The van der Waals surface area contributed by atoms with Crippen LogP contribution in [0.1, 0.15) is 11.1 Å². The van der Waals surface area contributed by atoms with Crippen molar-refractivity contribution in [2.45, 2.75) is 12.1 Å². The van der Waals surface area contributed by atoms with Gasteiger partial charge >= 0.3 is 0 Å². The molecule has 2 aliphatic rings. The highest BCUT2D eigenvalue weighted by Crippen LogP contribution is 2.40. The average Bonchev–Trinajstić information content (AvgIpc) is 2.61. The average molecular weight is 193 g/mol. The van der Waals surface area contributed by atoms with Gasteiger partial charge in [-0.15, -0.1) is 0 Å². The summed E-state index contributed by atoms with van der Waals surface area (Å²) in [5.41, 5.74) is 0.674. The van der Waals surface area contributed by atoms with E-state index in [0.29, 0.717) is 19.7 Å². The minimum absolute atomic E-state index is 0.410. The molecule has 0 unspecified atom stereocenters. The standard InChI is InChI=1S/C11H12FNO/c12-11(6-13-7-11)9-3-1-2-8-4-5-14-10(8)9/h1-3,13H,4-7H2. The Morgan fingerprint density at radius 2 is 2.21 bits per heavy atom. The lowest BCUT2D eigenvalue weighted by Crippen LogP contribution is -2.53. The van der Waals surface area contributed by atoms with Crippen LogP contribution in [0.3, 0.4) is 0 Å². The smallest absolute Gasteiger partial charge is 0.164 e. The predicted molar refractivity (Wildman–Crippen MR) is 51.3 cm³/mol. The lowest BCUT2D eigenvalue weighted by atomic mass is 9.88. The Labute approximate surface area is 82.1 Å². The Kier molecular flexibility index (Phi) is 1.59. The molecule has 14 heavy (non-hydrogen) atoms. The zero-order valence-electron chi connectivity index (χ0n) is 7.85. The first-order chi connectivity index (χ1) is 6.80. The third-order valence-corrected chi connectivity index (χ3v) is 3.01. The van der Waals surface area contributed by atoms with E-state index in [1.165, 1.54) is 0 Å². The van der Waals surface area contributed by atoms with Crippen molar-refractivity contribution in [3.05, 3.63) is 29.3 Å². The van der Waals surface area contributed by atoms with Crippen LogP contribution in [0.2, 0.25) is 0 Å². The van der Waals surface area contributed by atoms with Gasteiger partial charge in [0.15, 0.2) is 5.67 Å². The quantitative estimate of drug-likeness (QED) is 0.727. The van der Waals surface area contributed by atoms with E-state index >= 15 is 0 Å². The maximum atomic E-state index is 14.2. The van der Waals surface area contributed by atoms with E-state index in [0.717, 1.165) is 23.3 Å². The molecule has 1 aromatic rings. The number of fused-ring (bicyclic) bond motifs is 1. The maximum Gasteiger partial charge on any atom is 0.164 e. The molecular formula is C11H12FNO. The molecule has 0 atom stereocenters. The minimum atomic E-state index is -1.20. The lowest BCUT2D eigenvalue weighted by Gasteiger charge is -2.36. The maximum absolute atomic E-state index is 14.2. The molecule has 1 aromatic carbocycles. The molecule has 1 fully saturated rings. The summed E-state index contributed by atoms with van der Waals surface area (Å²) in [7, 11) is 0. The molecule has 2 nitrogen and oxygen atoms in total. The highest BCUT2D eigenvalue weighted by atomic mass is 19.1. The fourth-order valence-electron chi connectivity index (χ4n) is 2.10. The van der Waals surface area contributed by atoms with Crippen LogP contribution in [-0.2, 0) is 12.1 Å². The molecule has 0 bridgehead atoms. The third-order valence-electron chi connectivity index (χ3n) is 3.01. The largest absolute Gasteiger partial charge is 0.493 e. The van der Waals surface area contributed by atoms with Gasteiger partial charge in [-0.25, -0.2) is 4.39 Å². The molecule has 0 saturated carbocycles. The van der Waals surface area contributed by atoms with Crippen LogP contribution in [0.5, 0.6) is 5.75 Å². The second-order valence-corrected chi connectivity index (χ2v) is 3.96. The summed E-state index contributed by atoms with van der Waals surface area (Å²) < 4.78 is 19.6. The van der Waals surface area contributed by atoms with Crippen LogP contribution in [-0.4, -0.2) is 19.7 Å². The topological polar surface area (TPSA) is 21.3 Å². The van der Waals surface area contributed by atoms with Gasteiger partial charge in [0.05, 0.1) is 6.61 Å². The van der Waals surface area contributed by atoms with Crippen LogP contribution < -0.4 is 10.1 Å². The molecule has 3 rings (SSSR count). The van der Waals surface area contributed by atoms with E-state index in [-0.39, 0.29) is 0 Å². The van der Waals surface area contributed by atoms with Crippen LogP contribution in [0, 0.1) is 0 Å². The molecule has 0 amide bonds. The van der Waals surface area contributed by atoms with Crippen molar-refractivity contribution in [1.82, 2.24) is 5.32 Å². The third kappa shape index (κ3) is 0.989. The van der Waals surface area contributed by atoms with E-state index in [1.807, 2.05) is 18.2 Å². The Balaban J connectivity index is 2.10. The van der Waals surface area contributed by atoms with Gasteiger partial charge in [-0.2, -0.15) is 0 Å². The van der Waals surface area contributed by atoms with Gasteiger partial charge < -0.3 is 10.1 Å². The molecular weight excluding hydrogens is 181 g/mol. The lowest BCUT2D eigenvalue weighted by molar-refractivity contribution is 0.0857. The monoisotopic (exact) mass is 193 g/mol. The van der Waals surface area contributed by atoms with Gasteiger partial charge in [-0.05, 0) is 5.56 Å². The fraction of sp³-hybridized carbons (Fsp3) is 0.455. The molecule has 3 heteroatoms. The molecule has 0 aromatic heterocycles. The first kappa shape index (κ1) is 8.24. The van der Waals surface area contributed by atoms with Gasteiger partial charge in [-0.1, -0.05) is 18.2 Å². The Morgan fingerprint density at radius 1 is 1.36 bits per heavy atom. The van der Waals surface area contributed by atoms with E-state index < -0.39 is 5.67 Å². The predicted octanol–water partition coefficient (Wildman–Crippen LogP) is 1.39. The minimum Gasteiger partial charge on any atom is -0.493 e. The first-order valence-electron chi connectivity index (χ1n) is 4.94. The Hall–Kier alpha value is -1.09. The van der Waals surface area contributed by atoms with Crippen molar-refractivity contribution in [3.63, 3.8) is 0 Å². The summed E-state index contributed by atoms with van der Waals surface area (Å²) in [6, 6.07) is 5.77. The number of hydrogen-bond acceptors (Lipinski definition) is 2. The van der Waals surface area contributed by atoms with Gasteiger partial charge in [0.25, 0.3) is 0 Å². The number of rotatable bonds is 1. The Morgan fingerprint density at radius 3 is 2.93 bits per heavy atom. The van der Waals surface area contributed by atoms with E-state index in [9.17, 15) is 4.39 Å². The molecule has 1 saturated heterocycles. The summed E-state index contributed by atoms with van der Waals surface area (Å²) in [5.74, 6) is 0.788. The number of alkyl halides is 1. The number of ether oxygens (including phenoxy) is 1. The summed E-state index contributed by atoms with van der Waals surface area (Å²) in [5, 5.41) is 2.96. The second-order valence-electron chi connectivity index (χ2n) is 3.96. The van der Waals surface area contributed by atoms with Crippen molar-refractivity contribution in [2.75, 3.05) is 19.7 Å². The molecule has 0 aliphatic carbocycles. The van der Waals surface area contributed by atoms with E-state index in [2.05, 4.69) is 5.32 Å². The first-order valence-corrected chi connectivity index (χ1v) is 4.94. The zero-order valence-corrected chi connectivity index (χ0v) is 7.85. The zero-order chi connectivity index (χ0) is 9.60. The van der Waals surface area contributed by atoms with Crippen molar-refractivity contribution in [3.8, 4) is 5.75 Å². The number of benzene rings is 1. The van der Waals surface area contributed by atoms with Crippen molar-refractivity contribution >= 4 is 0 Å². The number of para-hydroxylation sites is 1. The fourth-order valence-corrected chi connectivity index (χ4v) is 2.10. The number of hydrogen-bond donors (Lipinski definition) is 1. The van der Waals surface area contributed by atoms with E-state index in [1.54, 1.807) is 0 Å². The molecule has 0 radical (unpaired) electrons. The van der Waals surface area contributed by atoms with Crippen LogP contribution in [0.4, 0.5) is 4.39 Å². The van der Waals surface area contributed by atoms with Gasteiger partial charge in [0, 0.05) is 25.1 Å². The van der Waals surface area contributed by atoms with E-state index in [4.69, 9.17) is 4.74 Å². The summed E-state index contributed by atoms with van der Waals surface area (Å²) in [6.07, 6.45) is 0.909. The second kappa shape index (κ2) is 2.70. The summed E-state index contributed by atoms with van der Waals surface area (Å²) in [6.45, 7) is 1.51. The van der Waals surface area contributed by atoms with Gasteiger partial charge in [-0.3, -0.25) is 0 Å². The number of nitrogens with one attached hydrogen (secondary N) is 1. The molecule has 2 aliphatic heterocycles. The molecule has 0 spiro atoms. The molecule has 2 heterocycles. The molecule has 74 valence electrons. The summed E-state index contributed by atoms with van der Waals surface area (Å²) >= 11 is 0. The van der Waals surface area contributed by atoms with Crippen molar-refractivity contribution < 1.29 is 9.13 Å². The molecule has 1 N–H and O–H groups in total. The van der Waals surface area contributed by atoms with Crippen molar-refractivity contribution in [1.29, 1.82) is 0 Å². The van der Waals surface area contributed by atoms with Crippen LogP contribution in [0.15, 0.2) is 18.2 Å². The van der Waals surface area contributed by atoms with Gasteiger partial charge in [0.1, 0.15) is 5.75 Å². The van der Waals surface area contributed by atoms with Crippen LogP contribution in [0.25, 0.3) is 0 Å². The highest BCUT2D eigenvalue weighted by Gasteiger charge is 2.42. The van der Waals surface area contributed by atoms with Gasteiger partial charge in [0.2, 0.25) is 0 Å². The van der Waals surface area contributed by atoms with Crippen molar-refractivity contribution in [2.24, 2.45) is 0 Å².